The van der Waals surface area contributed by atoms with E-state index < -0.39 is 25.1 Å². The molecule has 0 aliphatic carbocycles. The van der Waals surface area contributed by atoms with Crippen molar-refractivity contribution in [3.05, 3.63) is 29.6 Å². The third kappa shape index (κ3) is 4.22. The highest BCUT2D eigenvalue weighted by atomic mass is 19.4. The molecule has 6 heteroatoms. The van der Waals surface area contributed by atoms with Crippen LogP contribution in [0.3, 0.4) is 0 Å². The fraction of sp³-hybridized carbons (Fsp3) is 0.455. The first-order chi connectivity index (χ1) is 7.85. The molecule has 17 heavy (non-hydrogen) atoms. The molecule has 0 fully saturated rings. The van der Waals surface area contributed by atoms with Gasteiger partial charge in [-0.1, -0.05) is 0 Å². The van der Waals surface area contributed by atoms with Gasteiger partial charge in [0.05, 0.1) is 6.61 Å². The average molecular weight is 251 g/mol. The van der Waals surface area contributed by atoms with Gasteiger partial charge in [-0.15, -0.1) is 0 Å². The predicted molar refractivity (Wildman–Crippen MR) is 56.3 cm³/mol. The van der Waals surface area contributed by atoms with Crippen molar-refractivity contribution < 1.29 is 22.7 Å². The van der Waals surface area contributed by atoms with Gasteiger partial charge in [0.25, 0.3) is 0 Å². The van der Waals surface area contributed by atoms with Crippen molar-refractivity contribution in [1.82, 2.24) is 0 Å². The van der Waals surface area contributed by atoms with Crippen molar-refractivity contribution in [1.29, 1.82) is 0 Å². The number of hydrogen-bond acceptors (Lipinski definition) is 2. The molecule has 1 aromatic rings. The minimum Gasteiger partial charge on any atom is -0.392 e. The number of hydrogen-bond donors (Lipinski definition) is 1. The lowest BCUT2D eigenvalue weighted by Gasteiger charge is -2.24. The van der Waals surface area contributed by atoms with Gasteiger partial charge in [0.2, 0.25) is 0 Å². The monoisotopic (exact) mass is 251 g/mol. The van der Waals surface area contributed by atoms with Crippen LogP contribution in [-0.2, 0) is 6.61 Å². The fourth-order valence-corrected chi connectivity index (χ4v) is 1.51. The van der Waals surface area contributed by atoms with E-state index in [4.69, 9.17) is 5.11 Å². The van der Waals surface area contributed by atoms with Gasteiger partial charge in [0.1, 0.15) is 12.4 Å². The average Bonchev–Trinajstić information content (AvgIpc) is 2.23. The molecule has 0 heterocycles. The summed E-state index contributed by atoms with van der Waals surface area (Å²) in [5, 5.41) is 8.87. The molecular formula is C11H13F4NO. The minimum atomic E-state index is -4.35. The highest BCUT2D eigenvalue weighted by Gasteiger charge is 2.30. The van der Waals surface area contributed by atoms with Crippen molar-refractivity contribution in [2.45, 2.75) is 19.7 Å². The molecule has 0 bridgehead atoms. The van der Waals surface area contributed by atoms with Crippen LogP contribution in [0.25, 0.3) is 0 Å². The second-order valence-corrected chi connectivity index (χ2v) is 3.61. The molecule has 0 saturated heterocycles. The Morgan fingerprint density at radius 3 is 2.35 bits per heavy atom. The summed E-state index contributed by atoms with van der Waals surface area (Å²) in [7, 11) is 0. The first-order valence-corrected chi connectivity index (χ1v) is 5.07. The van der Waals surface area contributed by atoms with E-state index in [9.17, 15) is 17.6 Å². The lowest BCUT2D eigenvalue weighted by molar-refractivity contribution is -0.119. The SMILES string of the molecule is CCN(CC(F)(F)F)c1cc(F)cc(CO)c1. The standard InChI is InChI=1S/C11H13F4NO/c1-2-16(7-11(13,14)15)10-4-8(6-17)3-9(12)5-10/h3-5,17H,2,6-7H2,1H3. The van der Waals surface area contributed by atoms with Crippen molar-refractivity contribution >= 4 is 5.69 Å². The Hall–Kier alpha value is -1.30. The van der Waals surface area contributed by atoms with Crippen LogP contribution in [0.4, 0.5) is 23.2 Å². The molecule has 0 aliphatic rings. The summed E-state index contributed by atoms with van der Waals surface area (Å²) in [5.41, 5.74) is 0.370. The summed E-state index contributed by atoms with van der Waals surface area (Å²) < 4.78 is 50.0. The zero-order valence-electron chi connectivity index (χ0n) is 9.26. The van der Waals surface area contributed by atoms with E-state index in [1.165, 1.54) is 6.07 Å². The topological polar surface area (TPSA) is 23.5 Å². The molecule has 0 amide bonds. The third-order valence-corrected chi connectivity index (χ3v) is 2.24. The van der Waals surface area contributed by atoms with E-state index in [-0.39, 0.29) is 17.8 Å². The number of halogens is 4. The predicted octanol–water partition coefficient (Wildman–Crippen LogP) is 2.71. The molecule has 1 N–H and O–H groups in total. The first kappa shape index (κ1) is 13.8. The Balaban J connectivity index is 2.99. The summed E-state index contributed by atoms with van der Waals surface area (Å²) in [6, 6.07) is 3.46. The van der Waals surface area contributed by atoms with Gasteiger partial charge < -0.3 is 10.0 Å². The minimum absolute atomic E-state index is 0.105. The summed E-state index contributed by atoms with van der Waals surface area (Å²) >= 11 is 0. The summed E-state index contributed by atoms with van der Waals surface area (Å²) in [6.07, 6.45) is -4.35. The second kappa shape index (κ2) is 5.35. The van der Waals surface area contributed by atoms with Crippen LogP contribution in [0.5, 0.6) is 0 Å². The third-order valence-electron chi connectivity index (χ3n) is 2.24. The van der Waals surface area contributed by atoms with Gasteiger partial charge in [-0.2, -0.15) is 13.2 Å². The summed E-state index contributed by atoms with van der Waals surface area (Å²) in [6.45, 7) is 0.106. The van der Waals surface area contributed by atoms with Crippen molar-refractivity contribution in [2.24, 2.45) is 0 Å². The molecular weight excluding hydrogens is 238 g/mol. The summed E-state index contributed by atoms with van der Waals surface area (Å²) in [4.78, 5) is 1.00. The highest BCUT2D eigenvalue weighted by molar-refractivity contribution is 5.49. The van der Waals surface area contributed by atoms with E-state index in [2.05, 4.69) is 0 Å². The van der Waals surface area contributed by atoms with E-state index in [0.717, 1.165) is 17.0 Å². The molecule has 0 spiro atoms. The zero-order valence-corrected chi connectivity index (χ0v) is 9.26. The number of anilines is 1. The zero-order chi connectivity index (χ0) is 13.1. The maximum Gasteiger partial charge on any atom is 0.405 e. The van der Waals surface area contributed by atoms with Crippen molar-refractivity contribution in [3.63, 3.8) is 0 Å². The molecule has 0 aliphatic heterocycles. The maximum atomic E-state index is 13.1. The van der Waals surface area contributed by atoms with Gasteiger partial charge in [-0.05, 0) is 30.7 Å². The lowest BCUT2D eigenvalue weighted by Crippen LogP contribution is -2.34. The molecule has 0 unspecified atom stereocenters. The molecule has 0 radical (unpaired) electrons. The van der Waals surface area contributed by atoms with Gasteiger partial charge in [0.15, 0.2) is 0 Å². The van der Waals surface area contributed by atoms with Gasteiger partial charge >= 0.3 is 6.18 Å². The van der Waals surface area contributed by atoms with Crippen LogP contribution >= 0.6 is 0 Å². The molecule has 96 valence electrons. The molecule has 0 aromatic heterocycles. The van der Waals surface area contributed by atoms with Crippen LogP contribution in [0, 0.1) is 5.82 Å². The van der Waals surface area contributed by atoms with Gasteiger partial charge in [-0.25, -0.2) is 4.39 Å². The highest BCUT2D eigenvalue weighted by Crippen LogP contribution is 2.23. The Morgan fingerprint density at radius 2 is 1.88 bits per heavy atom. The Kier molecular flexibility index (Phi) is 4.34. The number of benzene rings is 1. The molecule has 0 atom stereocenters. The van der Waals surface area contributed by atoms with Gasteiger partial charge in [-0.3, -0.25) is 0 Å². The number of aliphatic hydroxyl groups is 1. The molecule has 0 saturated carbocycles. The van der Waals surface area contributed by atoms with Crippen LogP contribution in [0.15, 0.2) is 18.2 Å². The maximum absolute atomic E-state index is 13.1. The summed E-state index contributed by atoms with van der Waals surface area (Å²) in [5.74, 6) is -0.660. The quantitative estimate of drug-likeness (QED) is 0.832. The fourth-order valence-electron chi connectivity index (χ4n) is 1.51. The number of aliphatic hydroxyl groups excluding tert-OH is 1. The second-order valence-electron chi connectivity index (χ2n) is 3.61. The Bertz CT molecular complexity index is 378. The van der Waals surface area contributed by atoms with Crippen LogP contribution < -0.4 is 4.90 Å². The van der Waals surface area contributed by atoms with Crippen LogP contribution in [-0.4, -0.2) is 24.4 Å². The normalized spacial score (nSPS) is 11.6. The van der Waals surface area contributed by atoms with E-state index >= 15 is 0 Å². The number of nitrogens with zero attached hydrogens (tertiary/aromatic N) is 1. The molecule has 1 rings (SSSR count). The Morgan fingerprint density at radius 1 is 1.24 bits per heavy atom. The lowest BCUT2D eigenvalue weighted by atomic mass is 10.2. The first-order valence-electron chi connectivity index (χ1n) is 5.07. The largest absolute Gasteiger partial charge is 0.405 e. The van der Waals surface area contributed by atoms with E-state index in [1.54, 1.807) is 6.92 Å². The number of alkyl halides is 3. The van der Waals surface area contributed by atoms with Crippen molar-refractivity contribution in [3.8, 4) is 0 Å². The molecule has 1 aromatic carbocycles. The van der Waals surface area contributed by atoms with Crippen molar-refractivity contribution in [2.75, 3.05) is 18.0 Å². The van der Waals surface area contributed by atoms with Crippen LogP contribution in [0.1, 0.15) is 12.5 Å². The van der Waals surface area contributed by atoms with E-state index in [1.807, 2.05) is 0 Å². The number of rotatable bonds is 4. The van der Waals surface area contributed by atoms with Crippen LogP contribution in [0.2, 0.25) is 0 Å². The van der Waals surface area contributed by atoms with Gasteiger partial charge in [0, 0.05) is 12.2 Å². The smallest absolute Gasteiger partial charge is 0.392 e. The molecule has 2 nitrogen and oxygen atoms in total. The Labute approximate surface area is 96.5 Å². The van der Waals surface area contributed by atoms with E-state index in [0.29, 0.717) is 0 Å².